The number of hydrogen-bond acceptors (Lipinski definition) is 4. The van der Waals surface area contributed by atoms with Crippen molar-refractivity contribution in [1.29, 1.82) is 0 Å². The zero-order valence-corrected chi connectivity index (χ0v) is 14.1. The summed E-state index contributed by atoms with van der Waals surface area (Å²) >= 11 is 7.07. The molecule has 0 aliphatic heterocycles. The molecule has 0 atom stereocenters. The van der Waals surface area contributed by atoms with E-state index in [1.54, 1.807) is 26.0 Å². The van der Waals surface area contributed by atoms with Crippen LogP contribution in [0.1, 0.15) is 26.6 Å². The number of H-pyrrole nitrogens is 1. The number of halogens is 1. The average Bonchev–Trinajstić information content (AvgIpc) is 2.83. The Morgan fingerprint density at radius 2 is 2.00 bits per heavy atom. The van der Waals surface area contributed by atoms with E-state index in [2.05, 4.69) is 15.3 Å². The van der Waals surface area contributed by atoms with E-state index >= 15 is 0 Å². The maximum atomic E-state index is 12.4. The van der Waals surface area contributed by atoms with Gasteiger partial charge < -0.3 is 10.3 Å². The number of aryl methyl sites for hydroxylation is 2. The highest BCUT2D eigenvalue weighted by Crippen LogP contribution is 2.26. The van der Waals surface area contributed by atoms with Gasteiger partial charge in [0.05, 0.1) is 10.3 Å². The lowest BCUT2D eigenvalue weighted by Gasteiger charge is -2.04. The van der Waals surface area contributed by atoms with E-state index < -0.39 is 0 Å². The lowest BCUT2D eigenvalue weighted by Crippen LogP contribution is -2.22. The van der Waals surface area contributed by atoms with Gasteiger partial charge >= 0.3 is 0 Å². The van der Waals surface area contributed by atoms with Gasteiger partial charge in [-0.1, -0.05) is 23.7 Å². The molecule has 0 aliphatic carbocycles. The minimum Gasteiger partial charge on any atom is -0.347 e. The number of amides is 1. The summed E-state index contributed by atoms with van der Waals surface area (Å²) < 4.78 is 0. The number of nitrogens with zero attached hydrogens (tertiary/aromatic N) is 1. The third-order valence-electron chi connectivity index (χ3n) is 3.49. The van der Waals surface area contributed by atoms with Crippen molar-refractivity contribution < 1.29 is 4.79 Å². The summed E-state index contributed by atoms with van der Waals surface area (Å²) in [4.78, 5) is 32.5. The summed E-state index contributed by atoms with van der Waals surface area (Å²) in [6.45, 7) is 3.88. The van der Waals surface area contributed by atoms with Crippen molar-refractivity contribution in [2.75, 3.05) is 0 Å². The number of rotatable bonds is 3. The minimum atomic E-state index is -0.211. The van der Waals surface area contributed by atoms with Gasteiger partial charge in [-0.3, -0.25) is 9.59 Å². The monoisotopic (exact) mass is 347 g/mol. The predicted octanol–water partition coefficient (Wildman–Crippen LogP) is 3.18. The highest BCUT2D eigenvalue weighted by atomic mass is 35.5. The quantitative estimate of drug-likeness (QED) is 0.764. The van der Waals surface area contributed by atoms with Crippen molar-refractivity contribution in [3.05, 3.63) is 61.5 Å². The molecule has 0 spiro atoms. The van der Waals surface area contributed by atoms with Crippen LogP contribution in [0.15, 0.2) is 29.1 Å². The Hall–Kier alpha value is -2.18. The van der Waals surface area contributed by atoms with Crippen LogP contribution in [0, 0.1) is 13.8 Å². The molecule has 0 fully saturated rings. The number of fused-ring (bicyclic) bond motifs is 1. The predicted molar refractivity (Wildman–Crippen MR) is 92.3 cm³/mol. The summed E-state index contributed by atoms with van der Waals surface area (Å²) in [7, 11) is 0. The average molecular weight is 348 g/mol. The molecule has 0 saturated carbocycles. The van der Waals surface area contributed by atoms with Crippen molar-refractivity contribution in [3.8, 4) is 0 Å². The van der Waals surface area contributed by atoms with Crippen LogP contribution in [0.4, 0.5) is 0 Å². The molecular weight excluding hydrogens is 334 g/mol. The van der Waals surface area contributed by atoms with Crippen LogP contribution < -0.4 is 10.9 Å². The molecule has 0 radical (unpaired) electrons. The number of hydrogen-bond donors (Lipinski definition) is 2. The van der Waals surface area contributed by atoms with Crippen molar-refractivity contribution in [3.63, 3.8) is 0 Å². The topological polar surface area (TPSA) is 74.8 Å². The molecule has 7 heteroatoms. The first kappa shape index (κ1) is 15.7. The van der Waals surface area contributed by atoms with Crippen molar-refractivity contribution in [2.45, 2.75) is 20.4 Å². The minimum absolute atomic E-state index is 0.210. The first-order valence-corrected chi connectivity index (χ1v) is 8.18. The van der Waals surface area contributed by atoms with E-state index in [4.69, 9.17) is 11.6 Å². The molecule has 23 heavy (non-hydrogen) atoms. The third kappa shape index (κ3) is 3.13. The molecular formula is C16H14ClN3O2S. The molecule has 3 aromatic rings. The van der Waals surface area contributed by atoms with Crippen LogP contribution in [-0.4, -0.2) is 15.9 Å². The molecule has 5 nitrogen and oxygen atoms in total. The molecule has 0 saturated heterocycles. The van der Waals surface area contributed by atoms with Crippen molar-refractivity contribution >= 4 is 39.1 Å². The first-order chi connectivity index (χ1) is 11.0. The largest absolute Gasteiger partial charge is 0.347 e. The zero-order chi connectivity index (χ0) is 16.6. The molecule has 0 bridgehead atoms. The zero-order valence-electron chi connectivity index (χ0n) is 12.6. The second-order valence-electron chi connectivity index (χ2n) is 5.20. The number of aromatic nitrogens is 2. The lowest BCUT2D eigenvalue weighted by atomic mass is 10.2. The lowest BCUT2D eigenvalue weighted by molar-refractivity contribution is 0.0954. The second kappa shape index (κ2) is 6.14. The standard InChI is InChI=1S/C16H14ClN3O2S/c1-8-12-14(21)19-9(2)20-16(12)23-13(8)15(22)18-7-10-3-5-11(17)6-4-10/h3-6H,7H2,1-2H3,(H,18,22)(H,19,20,21). The Morgan fingerprint density at radius 3 is 2.70 bits per heavy atom. The van der Waals surface area contributed by atoms with E-state index in [1.807, 2.05) is 12.1 Å². The van der Waals surface area contributed by atoms with Crippen LogP contribution in [0.2, 0.25) is 5.02 Å². The first-order valence-electron chi connectivity index (χ1n) is 6.98. The van der Waals surface area contributed by atoms with Crippen molar-refractivity contribution in [2.24, 2.45) is 0 Å². The van der Waals surface area contributed by atoms with Gasteiger partial charge in [0.15, 0.2) is 0 Å². The molecule has 2 heterocycles. The van der Waals surface area contributed by atoms with E-state index in [0.29, 0.717) is 38.0 Å². The maximum absolute atomic E-state index is 12.4. The number of nitrogens with one attached hydrogen (secondary N) is 2. The second-order valence-corrected chi connectivity index (χ2v) is 6.63. The summed E-state index contributed by atoms with van der Waals surface area (Å²) in [5, 5.41) is 4.00. The Balaban J connectivity index is 1.86. The van der Waals surface area contributed by atoms with Gasteiger partial charge in [0, 0.05) is 11.6 Å². The number of carbonyl (C=O) groups excluding carboxylic acids is 1. The number of thiophene rings is 1. The van der Waals surface area contributed by atoms with Crippen LogP contribution in [-0.2, 0) is 6.54 Å². The van der Waals surface area contributed by atoms with Gasteiger partial charge in [-0.25, -0.2) is 4.98 Å². The van der Waals surface area contributed by atoms with Gasteiger partial charge in [0.1, 0.15) is 10.7 Å². The molecule has 1 aromatic carbocycles. The molecule has 2 N–H and O–H groups in total. The molecule has 0 aliphatic rings. The highest BCUT2D eigenvalue weighted by Gasteiger charge is 2.18. The van der Waals surface area contributed by atoms with E-state index in [9.17, 15) is 9.59 Å². The van der Waals surface area contributed by atoms with E-state index in [0.717, 1.165) is 5.56 Å². The van der Waals surface area contributed by atoms with E-state index in [1.165, 1.54) is 11.3 Å². The normalized spacial score (nSPS) is 10.9. The van der Waals surface area contributed by atoms with Gasteiger partial charge in [-0.05, 0) is 37.1 Å². The number of carbonyl (C=O) groups is 1. The van der Waals surface area contributed by atoms with Crippen LogP contribution in [0.5, 0.6) is 0 Å². The SMILES string of the molecule is Cc1nc2sc(C(=O)NCc3ccc(Cl)cc3)c(C)c2c(=O)[nH]1. The summed E-state index contributed by atoms with van der Waals surface area (Å²) in [6.07, 6.45) is 0. The van der Waals surface area contributed by atoms with Crippen LogP contribution in [0.3, 0.4) is 0 Å². The molecule has 3 rings (SSSR count). The Kier molecular flexibility index (Phi) is 4.19. The number of aromatic amines is 1. The fraction of sp³-hybridized carbons (Fsp3) is 0.188. The smallest absolute Gasteiger partial charge is 0.261 e. The fourth-order valence-electron chi connectivity index (χ4n) is 2.33. The fourth-order valence-corrected chi connectivity index (χ4v) is 3.60. The van der Waals surface area contributed by atoms with Gasteiger partial charge in [-0.15, -0.1) is 11.3 Å². The molecule has 118 valence electrons. The van der Waals surface area contributed by atoms with Gasteiger partial charge in [0.2, 0.25) is 0 Å². The van der Waals surface area contributed by atoms with Crippen LogP contribution >= 0.6 is 22.9 Å². The van der Waals surface area contributed by atoms with Crippen LogP contribution in [0.25, 0.3) is 10.2 Å². The highest BCUT2D eigenvalue weighted by molar-refractivity contribution is 7.20. The maximum Gasteiger partial charge on any atom is 0.261 e. The molecule has 1 amide bonds. The number of benzene rings is 1. The van der Waals surface area contributed by atoms with E-state index in [-0.39, 0.29) is 11.5 Å². The van der Waals surface area contributed by atoms with Crippen molar-refractivity contribution in [1.82, 2.24) is 15.3 Å². The summed E-state index contributed by atoms with van der Waals surface area (Å²) in [5.41, 5.74) is 1.40. The van der Waals surface area contributed by atoms with Gasteiger partial charge in [0.25, 0.3) is 11.5 Å². The molecule has 2 aromatic heterocycles. The Labute approximate surface area is 141 Å². The molecule has 0 unspecified atom stereocenters. The third-order valence-corrected chi connectivity index (χ3v) is 4.93. The Morgan fingerprint density at radius 1 is 1.30 bits per heavy atom. The summed E-state index contributed by atoms with van der Waals surface area (Å²) in [6, 6.07) is 7.27. The Bertz CT molecular complexity index is 944. The summed E-state index contributed by atoms with van der Waals surface area (Å²) in [5.74, 6) is 0.328. The van der Waals surface area contributed by atoms with Gasteiger partial charge in [-0.2, -0.15) is 0 Å².